The number of carbonyl (C=O) groups is 1. The molecular weight excluding hydrogens is 204 g/mol. The van der Waals surface area contributed by atoms with Crippen molar-refractivity contribution < 1.29 is 9.90 Å². The van der Waals surface area contributed by atoms with E-state index in [4.69, 9.17) is 5.73 Å². The molecule has 0 radical (unpaired) electrons. The molecule has 0 heterocycles. The Bertz CT molecular complexity index is 195. The number of nitrogens with one attached hydrogen (secondary N) is 1. The summed E-state index contributed by atoms with van der Waals surface area (Å²) in [6.07, 6.45) is 3.39. The van der Waals surface area contributed by atoms with Gasteiger partial charge in [-0.25, -0.2) is 0 Å². The molecule has 0 bridgehead atoms. The molecule has 0 aliphatic rings. The fourth-order valence-corrected chi connectivity index (χ4v) is 1.50. The van der Waals surface area contributed by atoms with Gasteiger partial charge in [0.05, 0.1) is 6.10 Å². The summed E-state index contributed by atoms with van der Waals surface area (Å²) >= 11 is 0. The predicted octanol–water partition coefficient (Wildman–Crippen LogP) is 1.03. The monoisotopic (exact) mass is 230 g/mol. The molecule has 4 nitrogen and oxygen atoms in total. The van der Waals surface area contributed by atoms with Crippen molar-refractivity contribution in [3.05, 3.63) is 0 Å². The van der Waals surface area contributed by atoms with E-state index in [9.17, 15) is 9.90 Å². The van der Waals surface area contributed by atoms with E-state index in [1.165, 1.54) is 0 Å². The summed E-state index contributed by atoms with van der Waals surface area (Å²) < 4.78 is 0. The van der Waals surface area contributed by atoms with Crippen LogP contribution in [0.5, 0.6) is 0 Å². The summed E-state index contributed by atoms with van der Waals surface area (Å²) in [7, 11) is 0. The molecule has 4 N–H and O–H groups in total. The standard InChI is InChI=1S/C12H26N2O2/c1-4-6-7-10(5-2)12(16)14-8-11(13)9(3)15/h9-11,15H,4-8,13H2,1-3H3,(H,14,16). The molecule has 4 heteroatoms. The Hall–Kier alpha value is -0.610. The number of hydrogen-bond acceptors (Lipinski definition) is 3. The fraction of sp³-hybridized carbons (Fsp3) is 0.917. The van der Waals surface area contributed by atoms with E-state index >= 15 is 0 Å². The van der Waals surface area contributed by atoms with Gasteiger partial charge in [-0.05, 0) is 19.8 Å². The van der Waals surface area contributed by atoms with E-state index in [0.717, 1.165) is 25.7 Å². The minimum Gasteiger partial charge on any atom is -0.392 e. The van der Waals surface area contributed by atoms with E-state index in [2.05, 4.69) is 12.2 Å². The van der Waals surface area contributed by atoms with E-state index < -0.39 is 6.10 Å². The Morgan fingerprint density at radius 2 is 2.06 bits per heavy atom. The molecule has 0 aromatic rings. The van der Waals surface area contributed by atoms with Crippen LogP contribution >= 0.6 is 0 Å². The molecule has 3 atom stereocenters. The third kappa shape index (κ3) is 6.08. The first-order chi connectivity index (χ1) is 7.52. The maximum atomic E-state index is 11.8. The Morgan fingerprint density at radius 3 is 2.50 bits per heavy atom. The Morgan fingerprint density at radius 1 is 1.44 bits per heavy atom. The van der Waals surface area contributed by atoms with Gasteiger partial charge in [-0.3, -0.25) is 4.79 Å². The molecule has 16 heavy (non-hydrogen) atoms. The number of carbonyl (C=O) groups excluding carboxylic acids is 1. The summed E-state index contributed by atoms with van der Waals surface area (Å²) in [5.74, 6) is 0.146. The van der Waals surface area contributed by atoms with Crippen LogP contribution < -0.4 is 11.1 Å². The van der Waals surface area contributed by atoms with Crippen LogP contribution in [0.2, 0.25) is 0 Å². The van der Waals surface area contributed by atoms with Crippen molar-refractivity contribution in [2.75, 3.05) is 6.54 Å². The summed E-state index contributed by atoms with van der Waals surface area (Å²) in [4.78, 5) is 11.8. The summed E-state index contributed by atoms with van der Waals surface area (Å²) in [6, 6.07) is -0.382. The molecule has 0 rings (SSSR count). The zero-order valence-electron chi connectivity index (χ0n) is 10.7. The molecule has 0 fully saturated rings. The van der Waals surface area contributed by atoms with Crippen molar-refractivity contribution in [2.24, 2.45) is 11.7 Å². The van der Waals surface area contributed by atoms with Crippen molar-refractivity contribution in [1.82, 2.24) is 5.32 Å². The van der Waals surface area contributed by atoms with Gasteiger partial charge in [0, 0.05) is 18.5 Å². The highest BCUT2D eigenvalue weighted by atomic mass is 16.3. The van der Waals surface area contributed by atoms with Gasteiger partial charge in [-0.15, -0.1) is 0 Å². The third-order valence-corrected chi connectivity index (χ3v) is 2.90. The summed E-state index contributed by atoms with van der Waals surface area (Å²) in [5, 5.41) is 12.0. The average molecular weight is 230 g/mol. The van der Waals surface area contributed by atoms with E-state index in [-0.39, 0.29) is 17.9 Å². The van der Waals surface area contributed by atoms with Gasteiger partial charge in [-0.1, -0.05) is 26.7 Å². The first kappa shape index (κ1) is 15.4. The quantitative estimate of drug-likeness (QED) is 0.583. The first-order valence-corrected chi connectivity index (χ1v) is 6.24. The molecule has 0 saturated heterocycles. The second kappa shape index (κ2) is 8.53. The summed E-state index contributed by atoms with van der Waals surface area (Å²) in [6.45, 7) is 6.12. The maximum absolute atomic E-state index is 11.8. The summed E-state index contributed by atoms with van der Waals surface area (Å²) in [5.41, 5.74) is 5.64. The van der Waals surface area contributed by atoms with Crippen LogP contribution in [0.1, 0.15) is 46.5 Å². The van der Waals surface area contributed by atoms with Crippen molar-refractivity contribution >= 4 is 5.91 Å². The number of amides is 1. The van der Waals surface area contributed by atoms with Gasteiger partial charge in [0.25, 0.3) is 0 Å². The van der Waals surface area contributed by atoms with Crippen molar-refractivity contribution in [1.29, 1.82) is 0 Å². The Labute approximate surface area is 98.6 Å². The maximum Gasteiger partial charge on any atom is 0.223 e. The van der Waals surface area contributed by atoms with Crippen LogP contribution in [-0.2, 0) is 4.79 Å². The smallest absolute Gasteiger partial charge is 0.223 e. The molecule has 0 aliphatic heterocycles. The molecule has 96 valence electrons. The minimum absolute atomic E-state index is 0.0621. The van der Waals surface area contributed by atoms with Crippen LogP contribution in [0.25, 0.3) is 0 Å². The second-order valence-electron chi connectivity index (χ2n) is 4.40. The topological polar surface area (TPSA) is 75.4 Å². The molecule has 1 amide bonds. The highest BCUT2D eigenvalue weighted by molar-refractivity contribution is 5.78. The molecule has 0 aliphatic carbocycles. The predicted molar refractivity (Wildman–Crippen MR) is 66.0 cm³/mol. The molecule has 0 aromatic heterocycles. The highest BCUT2D eigenvalue weighted by Crippen LogP contribution is 2.12. The molecule has 0 aromatic carbocycles. The van der Waals surface area contributed by atoms with Crippen LogP contribution in [0.4, 0.5) is 0 Å². The fourth-order valence-electron chi connectivity index (χ4n) is 1.50. The number of unbranched alkanes of at least 4 members (excludes halogenated alkanes) is 1. The Balaban J connectivity index is 3.92. The lowest BCUT2D eigenvalue weighted by molar-refractivity contribution is -0.125. The number of hydrogen-bond donors (Lipinski definition) is 3. The number of aliphatic hydroxyl groups excluding tert-OH is 1. The van der Waals surface area contributed by atoms with Crippen molar-refractivity contribution in [2.45, 2.75) is 58.6 Å². The third-order valence-electron chi connectivity index (χ3n) is 2.90. The van der Waals surface area contributed by atoms with Crippen LogP contribution in [0.15, 0.2) is 0 Å². The molecule has 0 spiro atoms. The number of nitrogens with two attached hydrogens (primary N) is 1. The van der Waals surface area contributed by atoms with E-state index in [0.29, 0.717) is 6.54 Å². The van der Waals surface area contributed by atoms with Gasteiger partial charge in [0.15, 0.2) is 0 Å². The molecular formula is C12H26N2O2. The number of rotatable bonds is 8. The molecule has 3 unspecified atom stereocenters. The first-order valence-electron chi connectivity index (χ1n) is 6.24. The largest absolute Gasteiger partial charge is 0.392 e. The van der Waals surface area contributed by atoms with E-state index in [1.807, 2.05) is 6.92 Å². The van der Waals surface area contributed by atoms with Gasteiger partial charge < -0.3 is 16.2 Å². The molecule has 0 saturated carbocycles. The average Bonchev–Trinajstić information content (AvgIpc) is 2.26. The lowest BCUT2D eigenvalue weighted by Gasteiger charge is -2.18. The van der Waals surface area contributed by atoms with Gasteiger partial charge in [0.1, 0.15) is 0 Å². The van der Waals surface area contributed by atoms with Crippen molar-refractivity contribution in [3.63, 3.8) is 0 Å². The van der Waals surface area contributed by atoms with Crippen LogP contribution in [-0.4, -0.2) is 29.7 Å². The zero-order valence-corrected chi connectivity index (χ0v) is 10.7. The van der Waals surface area contributed by atoms with Crippen LogP contribution in [0.3, 0.4) is 0 Å². The normalized spacial score (nSPS) is 16.6. The SMILES string of the molecule is CCCCC(CC)C(=O)NCC(N)C(C)O. The van der Waals surface area contributed by atoms with Gasteiger partial charge >= 0.3 is 0 Å². The lowest BCUT2D eigenvalue weighted by Crippen LogP contribution is -2.45. The Kier molecular flexibility index (Phi) is 8.21. The minimum atomic E-state index is -0.587. The highest BCUT2D eigenvalue weighted by Gasteiger charge is 2.17. The number of aliphatic hydroxyl groups is 1. The lowest BCUT2D eigenvalue weighted by atomic mass is 9.98. The zero-order chi connectivity index (χ0) is 12.6. The van der Waals surface area contributed by atoms with Gasteiger partial charge in [0.2, 0.25) is 5.91 Å². The van der Waals surface area contributed by atoms with Gasteiger partial charge in [-0.2, -0.15) is 0 Å². The van der Waals surface area contributed by atoms with Crippen molar-refractivity contribution in [3.8, 4) is 0 Å². The second-order valence-corrected chi connectivity index (χ2v) is 4.40. The van der Waals surface area contributed by atoms with E-state index in [1.54, 1.807) is 6.92 Å². The van der Waals surface area contributed by atoms with Crippen LogP contribution in [0, 0.1) is 5.92 Å².